The molecule has 2 fully saturated rings. The van der Waals surface area contributed by atoms with Crippen LogP contribution in [0.4, 0.5) is 0 Å². The van der Waals surface area contributed by atoms with Gasteiger partial charge in [-0.25, -0.2) is 0 Å². The van der Waals surface area contributed by atoms with Crippen LogP contribution in [0.3, 0.4) is 0 Å². The molecule has 16 heavy (non-hydrogen) atoms. The van der Waals surface area contributed by atoms with E-state index in [2.05, 4.69) is 0 Å². The van der Waals surface area contributed by atoms with Gasteiger partial charge in [0.05, 0.1) is 18.8 Å². The van der Waals surface area contributed by atoms with Crippen LogP contribution in [0.2, 0.25) is 0 Å². The molecule has 1 saturated heterocycles. The van der Waals surface area contributed by atoms with Gasteiger partial charge in [-0.05, 0) is 31.6 Å². The maximum atomic E-state index is 9.93. The Kier molecular flexibility index (Phi) is 5.07. The van der Waals surface area contributed by atoms with Crippen LogP contribution in [0, 0.1) is 5.92 Å². The summed E-state index contributed by atoms with van der Waals surface area (Å²) in [4.78, 5) is 0. The molecule has 1 N–H and O–H groups in total. The zero-order valence-corrected chi connectivity index (χ0v) is 10.1. The lowest BCUT2D eigenvalue weighted by atomic mass is 10.0. The molecule has 0 amide bonds. The second-order valence-corrected chi connectivity index (χ2v) is 5.13. The summed E-state index contributed by atoms with van der Waals surface area (Å²) in [6.45, 7) is 2.56. The first-order chi connectivity index (χ1) is 7.86. The van der Waals surface area contributed by atoms with E-state index < -0.39 is 0 Å². The summed E-state index contributed by atoms with van der Waals surface area (Å²) in [5.74, 6) is 0.643. The van der Waals surface area contributed by atoms with Gasteiger partial charge in [0.1, 0.15) is 0 Å². The summed E-state index contributed by atoms with van der Waals surface area (Å²) in [5.41, 5.74) is 0. The Hall–Kier alpha value is -0.120. The molecule has 0 bridgehead atoms. The van der Waals surface area contributed by atoms with Crippen molar-refractivity contribution < 1.29 is 14.6 Å². The second-order valence-electron chi connectivity index (χ2n) is 5.13. The summed E-state index contributed by atoms with van der Waals surface area (Å²) in [6, 6.07) is 0. The zero-order chi connectivity index (χ0) is 11.2. The molecule has 1 aliphatic heterocycles. The van der Waals surface area contributed by atoms with E-state index in [1.807, 2.05) is 0 Å². The molecule has 3 nitrogen and oxygen atoms in total. The molecule has 1 aliphatic carbocycles. The standard InChI is InChI=1S/C13H24O3/c14-12-4-2-1-3-5-13(12)16-10-11-6-8-15-9-7-11/h11-14H,1-10H2. The van der Waals surface area contributed by atoms with E-state index in [9.17, 15) is 5.11 Å². The van der Waals surface area contributed by atoms with Crippen molar-refractivity contribution >= 4 is 0 Å². The molecule has 1 heterocycles. The molecule has 0 aromatic rings. The van der Waals surface area contributed by atoms with Crippen LogP contribution >= 0.6 is 0 Å². The zero-order valence-electron chi connectivity index (χ0n) is 10.1. The highest BCUT2D eigenvalue weighted by Crippen LogP contribution is 2.22. The van der Waals surface area contributed by atoms with E-state index >= 15 is 0 Å². The van der Waals surface area contributed by atoms with E-state index in [-0.39, 0.29) is 12.2 Å². The Morgan fingerprint density at radius 2 is 1.75 bits per heavy atom. The van der Waals surface area contributed by atoms with Gasteiger partial charge in [-0.15, -0.1) is 0 Å². The molecule has 3 heteroatoms. The third kappa shape index (κ3) is 3.72. The normalized spacial score (nSPS) is 33.6. The highest BCUT2D eigenvalue weighted by molar-refractivity contribution is 4.74. The van der Waals surface area contributed by atoms with Crippen LogP contribution in [-0.4, -0.2) is 37.1 Å². The van der Waals surface area contributed by atoms with Crippen molar-refractivity contribution in [1.82, 2.24) is 0 Å². The van der Waals surface area contributed by atoms with Crippen LogP contribution in [0.5, 0.6) is 0 Å². The van der Waals surface area contributed by atoms with Crippen molar-refractivity contribution in [2.24, 2.45) is 5.92 Å². The van der Waals surface area contributed by atoms with Crippen molar-refractivity contribution in [3.63, 3.8) is 0 Å². The highest BCUT2D eigenvalue weighted by atomic mass is 16.5. The third-order valence-corrected chi connectivity index (χ3v) is 3.80. The molecule has 1 saturated carbocycles. The molecule has 2 aliphatic rings. The Morgan fingerprint density at radius 1 is 1.00 bits per heavy atom. The smallest absolute Gasteiger partial charge is 0.0834 e. The fourth-order valence-corrected chi connectivity index (χ4v) is 2.62. The van der Waals surface area contributed by atoms with Crippen molar-refractivity contribution in [3.8, 4) is 0 Å². The maximum absolute atomic E-state index is 9.93. The minimum Gasteiger partial charge on any atom is -0.390 e. The van der Waals surface area contributed by atoms with E-state index in [0.717, 1.165) is 51.9 Å². The van der Waals surface area contributed by atoms with Crippen molar-refractivity contribution in [2.45, 2.75) is 57.2 Å². The molecule has 2 rings (SSSR count). The lowest BCUT2D eigenvalue weighted by Gasteiger charge is -2.26. The van der Waals surface area contributed by atoms with Gasteiger partial charge in [-0.2, -0.15) is 0 Å². The minimum atomic E-state index is -0.234. The van der Waals surface area contributed by atoms with E-state index in [4.69, 9.17) is 9.47 Å². The van der Waals surface area contributed by atoms with Gasteiger partial charge < -0.3 is 14.6 Å². The molecule has 0 aromatic carbocycles. The summed E-state index contributed by atoms with van der Waals surface area (Å²) in [7, 11) is 0. The largest absolute Gasteiger partial charge is 0.390 e. The first kappa shape index (κ1) is 12.3. The first-order valence-corrected chi connectivity index (χ1v) is 6.73. The molecule has 2 atom stereocenters. The fourth-order valence-electron chi connectivity index (χ4n) is 2.62. The molecule has 2 unspecified atom stereocenters. The summed E-state index contributed by atoms with van der Waals surface area (Å²) >= 11 is 0. The average molecular weight is 228 g/mol. The predicted molar refractivity (Wildman–Crippen MR) is 62.4 cm³/mol. The topological polar surface area (TPSA) is 38.7 Å². The highest BCUT2D eigenvalue weighted by Gasteiger charge is 2.23. The van der Waals surface area contributed by atoms with Gasteiger partial charge in [-0.3, -0.25) is 0 Å². The number of hydrogen-bond acceptors (Lipinski definition) is 3. The summed E-state index contributed by atoms with van der Waals surface area (Å²) in [6.07, 6.45) is 7.63. The summed E-state index contributed by atoms with van der Waals surface area (Å²) in [5, 5.41) is 9.93. The number of hydrogen-bond donors (Lipinski definition) is 1. The van der Waals surface area contributed by atoms with E-state index in [0.29, 0.717) is 5.92 Å². The predicted octanol–water partition coefficient (Wildman–Crippen LogP) is 2.12. The third-order valence-electron chi connectivity index (χ3n) is 3.80. The Balaban J connectivity index is 1.70. The Bertz CT molecular complexity index is 190. The average Bonchev–Trinajstić information content (AvgIpc) is 2.53. The van der Waals surface area contributed by atoms with Gasteiger partial charge in [0, 0.05) is 13.2 Å². The Morgan fingerprint density at radius 3 is 2.56 bits per heavy atom. The minimum absolute atomic E-state index is 0.0883. The van der Waals surface area contributed by atoms with Crippen molar-refractivity contribution in [3.05, 3.63) is 0 Å². The second kappa shape index (κ2) is 6.58. The fraction of sp³-hybridized carbons (Fsp3) is 1.00. The lowest BCUT2D eigenvalue weighted by Crippen LogP contribution is -2.31. The van der Waals surface area contributed by atoms with Crippen LogP contribution in [0.15, 0.2) is 0 Å². The van der Waals surface area contributed by atoms with Gasteiger partial charge in [0.15, 0.2) is 0 Å². The summed E-state index contributed by atoms with van der Waals surface area (Å²) < 4.78 is 11.2. The lowest BCUT2D eigenvalue weighted by molar-refractivity contribution is -0.0650. The van der Waals surface area contributed by atoms with E-state index in [1.165, 1.54) is 12.8 Å². The molecular formula is C13H24O3. The first-order valence-electron chi connectivity index (χ1n) is 6.73. The number of rotatable bonds is 3. The Labute approximate surface area is 98.1 Å². The monoisotopic (exact) mass is 228 g/mol. The van der Waals surface area contributed by atoms with Gasteiger partial charge >= 0.3 is 0 Å². The quantitative estimate of drug-likeness (QED) is 0.752. The van der Waals surface area contributed by atoms with Crippen molar-refractivity contribution in [2.75, 3.05) is 19.8 Å². The number of ether oxygens (including phenoxy) is 2. The molecule has 0 radical (unpaired) electrons. The molecule has 0 spiro atoms. The van der Waals surface area contributed by atoms with Crippen LogP contribution in [0.1, 0.15) is 44.9 Å². The van der Waals surface area contributed by atoms with Crippen molar-refractivity contribution in [1.29, 1.82) is 0 Å². The molecular weight excluding hydrogens is 204 g/mol. The van der Waals surface area contributed by atoms with Gasteiger partial charge in [0.2, 0.25) is 0 Å². The van der Waals surface area contributed by atoms with Gasteiger partial charge in [0.25, 0.3) is 0 Å². The van der Waals surface area contributed by atoms with Crippen LogP contribution in [0.25, 0.3) is 0 Å². The number of aliphatic hydroxyl groups excluding tert-OH is 1. The molecule has 94 valence electrons. The maximum Gasteiger partial charge on any atom is 0.0834 e. The number of aliphatic hydroxyl groups is 1. The van der Waals surface area contributed by atoms with Gasteiger partial charge in [-0.1, -0.05) is 19.3 Å². The van der Waals surface area contributed by atoms with Crippen LogP contribution in [-0.2, 0) is 9.47 Å². The SMILES string of the molecule is OC1CCCCCC1OCC1CCOCC1. The van der Waals surface area contributed by atoms with E-state index in [1.54, 1.807) is 0 Å². The van der Waals surface area contributed by atoms with Crippen LogP contribution < -0.4 is 0 Å². The molecule has 0 aromatic heterocycles.